The van der Waals surface area contributed by atoms with Crippen molar-refractivity contribution in [3.63, 3.8) is 0 Å². The van der Waals surface area contributed by atoms with E-state index in [0.717, 1.165) is 48.5 Å². The SMILES string of the molecule is CC(C)CCC[C@H](C)[C@@H]1CC[C@@H]2[C@H]3CC(=O)C4=C[C@@H](O)CC[C@]4(C)[C@@H]3CC[C@@]21C. The zero-order chi connectivity index (χ0) is 21.0. The van der Waals surface area contributed by atoms with Gasteiger partial charge in [0.25, 0.3) is 0 Å². The van der Waals surface area contributed by atoms with Gasteiger partial charge in [-0.1, -0.05) is 53.9 Å². The van der Waals surface area contributed by atoms with Crippen molar-refractivity contribution in [2.45, 2.75) is 105 Å². The van der Waals surface area contributed by atoms with Crippen molar-refractivity contribution in [1.29, 1.82) is 0 Å². The van der Waals surface area contributed by atoms with Gasteiger partial charge in [-0.25, -0.2) is 0 Å². The van der Waals surface area contributed by atoms with Crippen LogP contribution in [0.25, 0.3) is 0 Å². The smallest absolute Gasteiger partial charge is 0.159 e. The van der Waals surface area contributed by atoms with Gasteiger partial charge in [-0.3, -0.25) is 4.79 Å². The molecule has 1 N–H and O–H groups in total. The fourth-order valence-corrected chi connectivity index (χ4v) is 8.56. The molecule has 29 heavy (non-hydrogen) atoms. The largest absolute Gasteiger partial charge is 0.389 e. The minimum Gasteiger partial charge on any atom is -0.389 e. The van der Waals surface area contributed by atoms with Crippen molar-refractivity contribution in [2.24, 2.45) is 46.3 Å². The zero-order valence-electron chi connectivity index (χ0n) is 19.5. The number of hydrogen-bond acceptors (Lipinski definition) is 2. The molecule has 4 rings (SSSR count). The fraction of sp³-hybridized carbons (Fsp3) is 0.889. The summed E-state index contributed by atoms with van der Waals surface area (Å²) < 4.78 is 0. The Morgan fingerprint density at radius 1 is 1.03 bits per heavy atom. The lowest BCUT2D eigenvalue weighted by molar-refractivity contribution is -0.129. The van der Waals surface area contributed by atoms with E-state index < -0.39 is 6.10 Å². The Kier molecular flexibility index (Phi) is 5.82. The highest BCUT2D eigenvalue weighted by Gasteiger charge is 2.60. The van der Waals surface area contributed by atoms with Crippen LogP contribution in [0.15, 0.2) is 11.6 Å². The summed E-state index contributed by atoms with van der Waals surface area (Å²) in [5.41, 5.74) is 1.43. The van der Waals surface area contributed by atoms with Crippen LogP contribution in [0.4, 0.5) is 0 Å². The molecular formula is C27H44O2. The Balaban J connectivity index is 1.53. The van der Waals surface area contributed by atoms with E-state index in [2.05, 4.69) is 34.6 Å². The molecule has 0 aromatic heterocycles. The Morgan fingerprint density at radius 2 is 1.79 bits per heavy atom. The Bertz CT molecular complexity index is 663. The second-order valence-corrected chi connectivity index (χ2v) is 12.1. The van der Waals surface area contributed by atoms with E-state index in [0.29, 0.717) is 23.0 Å². The summed E-state index contributed by atoms with van der Waals surface area (Å²) in [5, 5.41) is 10.1. The predicted molar refractivity (Wildman–Crippen MR) is 119 cm³/mol. The van der Waals surface area contributed by atoms with Gasteiger partial charge in [0, 0.05) is 6.42 Å². The van der Waals surface area contributed by atoms with Crippen LogP contribution in [-0.2, 0) is 4.79 Å². The maximum atomic E-state index is 13.2. The first-order valence-electron chi connectivity index (χ1n) is 12.6. The van der Waals surface area contributed by atoms with Crippen LogP contribution in [-0.4, -0.2) is 17.0 Å². The summed E-state index contributed by atoms with van der Waals surface area (Å²) in [7, 11) is 0. The van der Waals surface area contributed by atoms with E-state index in [9.17, 15) is 9.90 Å². The monoisotopic (exact) mass is 400 g/mol. The molecule has 2 nitrogen and oxygen atoms in total. The summed E-state index contributed by atoms with van der Waals surface area (Å²) in [5.74, 6) is 4.77. The second-order valence-electron chi connectivity index (χ2n) is 12.1. The number of allylic oxidation sites excluding steroid dienone is 1. The number of aliphatic hydroxyl groups excluding tert-OH is 1. The van der Waals surface area contributed by atoms with Crippen LogP contribution >= 0.6 is 0 Å². The van der Waals surface area contributed by atoms with E-state index in [1.54, 1.807) is 0 Å². The Morgan fingerprint density at radius 3 is 2.52 bits per heavy atom. The third kappa shape index (κ3) is 3.56. The summed E-state index contributed by atoms with van der Waals surface area (Å²) in [6, 6.07) is 0. The lowest BCUT2D eigenvalue weighted by atomic mass is 9.46. The molecule has 0 aromatic rings. The van der Waals surface area contributed by atoms with Gasteiger partial charge in [0.2, 0.25) is 0 Å². The average Bonchev–Trinajstić information content (AvgIpc) is 3.00. The molecule has 0 saturated heterocycles. The normalized spacial score (nSPS) is 45.4. The maximum absolute atomic E-state index is 13.2. The number of aliphatic hydroxyl groups is 1. The number of ketones is 1. The average molecular weight is 401 g/mol. The Labute approximate surface area is 178 Å². The van der Waals surface area contributed by atoms with Crippen molar-refractivity contribution < 1.29 is 9.90 Å². The van der Waals surface area contributed by atoms with Gasteiger partial charge in [0.05, 0.1) is 6.10 Å². The fourth-order valence-electron chi connectivity index (χ4n) is 8.56. The van der Waals surface area contributed by atoms with Crippen molar-refractivity contribution >= 4 is 5.78 Å². The van der Waals surface area contributed by atoms with Gasteiger partial charge in [-0.2, -0.15) is 0 Å². The van der Waals surface area contributed by atoms with Crippen molar-refractivity contribution in [2.75, 3.05) is 0 Å². The molecule has 0 bridgehead atoms. The zero-order valence-corrected chi connectivity index (χ0v) is 19.5. The molecule has 4 aliphatic rings. The Hall–Kier alpha value is -0.630. The number of fused-ring (bicyclic) bond motifs is 5. The number of rotatable bonds is 5. The van der Waals surface area contributed by atoms with Gasteiger partial charge in [0.1, 0.15) is 0 Å². The highest BCUT2D eigenvalue weighted by molar-refractivity contribution is 5.98. The molecule has 0 unspecified atom stereocenters. The first kappa shape index (κ1) is 21.6. The second kappa shape index (κ2) is 7.81. The first-order chi connectivity index (χ1) is 13.7. The topological polar surface area (TPSA) is 37.3 Å². The van der Waals surface area contributed by atoms with Crippen LogP contribution in [0.5, 0.6) is 0 Å². The molecule has 3 saturated carbocycles. The molecule has 0 aromatic carbocycles. The van der Waals surface area contributed by atoms with E-state index in [-0.39, 0.29) is 5.41 Å². The van der Waals surface area contributed by atoms with Gasteiger partial charge >= 0.3 is 0 Å². The molecule has 8 atom stereocenters. The molecule has 3 fully saturated rings. The van der Waals surface area contributed by atoms with E-state index in [1.165, 1.54) is 44.9 Å². The van der Waals surface area contributed by atoms with Gasteiger partial charge < -0.3 is 5.11 Å². The quantitative estimate of drug-likeness (QED) is 0.567. The molecule has 164 valence electrons. The third-order valence-electron chi connectivity index (χ3n) is 10.1. The summed E-state index contributed by atoms with van der Waals surface area (Å²) in [6.07, 6.45) is 13.5. The van der Waals surface area contributed by atoms with Crippen LogP contribution in [0.1, 0.15) is 98.8 Å². The van der Waals surface area contributed by atoms with Crippen molar-refractivity contribution in [3.05, 3.63) is 11.6 Å². The molecule has 0 radical (unpaired) electrons. The van der Waals surface area contributed by atoms with Crippen LogP contribution in [0.3, 0.4) is 0 Å². The predicted octanol–water partition coefficient (Wildman–Crippen LogP) is 6.57. The van der Waals surface area contributed by atoms with E-state index in [4.69, 9.17) is 0 Å². The number of Topliss-reactive ketones (excluding diaryl/α,β-unsaturated/α-hetero) is 1. The minimum atomic E-state index is -0.407. The summed E-state index contributed by atoms with van der Waals surface area (Å²) in [4.78, 5) is 13.2. The summed E-state index contributed by atoms with van der Waals surface area (Å²) in [6.45, 7) is 12.1. The van der Waals surface area contributed by atoms with Crippen LogP contribution in [0.2, 0.25) is 0 Å². The number of hydrogen-bond donors (Lipinski definition) is 1. The highest BCUT2D eigenvalue weighted by atomic mass is 16.3. The first-order valence-corrected chi connectivity index (χ1v) is 12.6. The standard InChI is InChI=1S/C27H44O2/c1-17(2)7-6-8-18(3)21-9-10-22-20-16-25(29)24-15-19(28)11-13-27(24,5)23(20)12-14-26(21,22)4/h15,17-23,28H,6-14,16H2,1-5H3/t18-,19-,20+,21-,22+,23+,26+,27+/m0/s1. The van der Waals surface area contributed by atoms with Crippen LogP contribution in [0, 0.1) is 46.3 Å². The molecule has 2 heteroatoms. The number of carbonyl (C=O) groups excluding carboxylic acids is 1. The molecular weight excluding hydrogens is 356 g/mol. The maximum Gasteiger partial charge on any atom is 0.159 e. The van der Waals surface area contributed by atoms with Crippen LogP contribution < -0.4 is 0 Å². The highest BCUT2D eigenvalue weighted by Crippen LogP contribution is 2.67. The number of carbonyl (C=O) groups is 1. The lowest BCUT2D eigenvalue weighted by Crippen LogP contribution is -2.53. The van der Waals surface area contributed by atoms with Gasteiger partial charge in [-0.15, -0.1) is 0 Å². The van der Waals surface area contributed by atoms with E-state index >= 15 is 0 Å². The van der Waals surface area contributed by atoms with Gasteiger partial charge in [0.15, 0.2) is 5.78 Å². The van der Waals surface area contributed by atoms with Crippen molar-refractivity contribution in [1.82, 2.24) is 0 Å². The molecule has 0 amide bonds. The minimum absolute atomic E-state index is 0.0154. The third-order valence-corrected chi connectivity index (χ3v) is 10.1. The summed E-state index contributed by atoms with van der Waals surface area (Å²) >= 11 is 0. The van der Waals surface area contributed by atoms with E-state index in [1.807, 2.05) is 6.08 Å². The lowest BCUT2D eigenvalue weighted by Gasteiger charge is -2.58. The molecule has 4 aliphatic carbocycles. The molecule has 0 aliphatic heterocycles. The van der Waals surface area contributed by atoms with Crippen molar-refractivity contribution in [3.8, 4) is 0 Å². The molecule has 0 heterocycles. The van der Waals surface area contributed by atoms with Gasteiger partial charge in [-0.05, 0) is 96.5 Å². The molecule has 0 spiro atoms.